The topological polar surface area (TPSA) is 103 Å². The van der Waals surface area contributed by atoms with E-state index in [1.807, 2.05) is 18.3 Å². The molecule has 4 heterocycles. The molecule has 0 amide bonds. The number of hydrogen-bond acceptors (Lipinski definition) is 7. The van der Waals surface area contributed by atoms with E-state index in [-0.39, 0.29) is 11.5 Å². The summed E-state index contributed by atoms with van der Waals surface area (Å²) in [4.78, 5) is 13.9. The van der Waals surface area contributed by atoms with Crippen molar-refractivity contribution in [2.75, 3.05) is 23.7 Å². The van der Waals surface area contributed by atoms with Gasteiger partial charge in [-0.15, -0.1) is 0 Å². The highest BCUT2D eigenvalue weighted by Gasteiger charge is 2.33. The van der Waals surface area contributed by atoms with Crippen molar-refractivity contribution in [1.82, 2.24) is 19.7 Å². The summed E-state index contributed by atoms with van der Waals surface area (Å²) in [5, 5.41) is 8.34. The van der Waals surface area contributed by atoms with Crippen LogP contribution in [0.5, 0.6) is 0 Å². The third kappa shape index (κ3) is 3.22. The molecule has 1 aliphatic rings. The van der Waals surface area contributed by atoms with Gasteiger partial charge in [-0.05, 0) is 31.2 Å². The van der Waals surface area contributed by atoms with Crippen LogP contribution in [0, 0.1) is 0 Å². The second-order valence-electron chi connectivity index (χ2n) is 6.13. The Morgan fingerprint density at radius 2 is 2.11 bits per heavy atom. The molecular weight excluding hydrogens is 380 g/mol. The highest BCUT2D eigenvalue weighted by atomic mass is 32.2. The number of pyridine rings is 2. The highest BCUT2D eigenvalue weighted by molar-refractivity contribution is 7.93. The largest absolute Gasteiger partial charge is 0.396 e. The first-order valence-electron chi connectivity index (χ1n) is 8.62. The van der Waals surface area contributed by atoms with Gasteiger partial charge in [0.05, 0.1) is 29.5 Å². The number of oxime groups is 1. The van der Waals surface area contributed by atoms with E-state index in [1.54, 1.807) is 42.3 Å². The van der Waals surface area contributed by atoms with Crippen LogP contribution in [0.25, 0.3) is 16.9 Å². The molecular formula is C18H18N6O3S. The van der Waals surface area contributed by atoms with Crippen molar-refractivity contribution >= 4 is 21.4 Å². The smallest absolute Gasteiger partial charge is 0.240 e. The van der Waals surface area contributed by atoms with Crippen LogP contribution in [0.2, 0.25) is 0 Å². The van der Waals surface area contributed by atoms with Crippen molar-refractivity contribution in [3.63, 3.8) is 0 Å². The van der Waals surface area contributed by atoms with Gasteiger partial charge in [-0.25, -0.2) is 18.1 Å². The van der Waals surface area contributed by atoms with Gasteiger partial charge >= 0.3 is 0 Å². The number of fused-ring (bicyclic) bond motifs is 1. The second kappa shape index (κ2) is 7.04. The van der Waals surface area contributed by atoms with Crippen molar-refractivity contribution in [2.24, 2.45) is 5.16 Å². The van der Waals surface area contributed by atoms with Gasteiger partial charge in [0.15, 0.2) is 0 Å². The molecule has 0 unspecified atom stereocenters. The Kier molecular flexibility index (Phi) is 4.55. The standard InChI is InChI=1S/C18H18N6O3S/c1-3-27-22-16-12-28(25,26)23(2)17-7-6-15(21-18(16)17)13-9-20-24(11-13)14-5-4-8-19-10-14/h4-11H,3,12H2,1-2H3. The molecule has 4 rings (SSSR count). The molecule has 0 radical (unpaired) electrons. The summed E-state index contributed by atoms with van der Waals surface area (Å²) >= 11 is 0. The molecule has 3 aromatic heterocycles. The van der Waals surface area contributed by atoms with E-state index in [4.69, 9.17) is 4.84 Å². The number of hydrogen-bond donors (Lipinski definition) is 0. The van der Waals surface area contributed by atoms with Gasteiger partial charge in [0, 0.05) is 25.0 Å². The van der Waals surface area contributed by atoms with Crippen molar-refractivity contribution in [3.05, 3.63) is 54.7 Å². The molecule has 3 aromatic rings. The maximum atomic E-state index is 12.4. The lowest BCUT2D eigenvalue weighted by molar-refractivity contribution is 0.159. The van der Waals surface area contributed by atoms with Crippen LogP contribution in [-0.2, 0) is 14.9 Å². The quantitative estimate of drug-likeness (QED) is 0.622. The molecule has 0 N–H and O–H groups in total. The van der Waals surface area contributed by atoms with Crippen LogP contribution in [0.3, 0.4) is 0 Å². The first kappa shape index (κ1) is 18.1. The Balaban J connectivity index is 1.77. The zero-order valence-electron chi connectivity index (χ0n) is 15.3. The van der Waals surface area contributed by atoms with Gasteiger partial charge in [-0.1, -0.05) is 5.16 Å². The van der Waals surface area contributed by atoms with Crippen LogP contribution in [0.4, 0.5) is 5.69 Å². The van der Waals surface area contributed by atoms with Crippen molar-refractivity contribution in [1.29, 1.82) is 0 Å². The fourth-order valence-electron chi connectivity index (χ4n) is 2.86. The van der Waals surface area contributed by atoms with E-state index in [2.05, 4.69) is 20.2 Å². The van der Waals surface area contributed by atoms with E-state index >= 15 is 0 Å². The molecule has 0 saturated carbocycles. The van der Waals surface area contributed by atoms with Crippen LogP contribution < -0.4 is 4.31 Å². The molecule has 10 heteroatoms. The summed E-state index contributed by atoms with van der Waals surface area (Å²) in [6, 6.07) is 7.22. The third-order valence-electron chi connectivity index (χ3n) is 4.32. The SMILES string of the molecule is CCON=C1CS(=O)(=O)N(C)c2ccc(-c3cnn(-c4cccnc4)c3)nc21. The van der Waals surface area contributed by atoms with Gasteiger partial charge in [0.2, 0.25) is 10.0 Å². The molecule has 0 aliphatic carbocycles. The molecule has 0 bridgehead atoms. The Morgan fingerprint density at radius 1 is 1.25 bits per heavy atom. The maximum absolute atomic E-state index is 12.4. The minimum absolute atomic E-state index is 0.262. The summed E-state index contributed by atoms with van der Waals surface area (Å²) in [6.45, 7) is 2.12. The Bertz CT molecular complexity index is 1140. The second-order valence-corrected chi connectivity index (χ2v) is 8.13. The van der Waals surface area contributed by atoms with Gasteiger partial charge < -0.3 is 4.84 Å². The minimum atomic E-state index is -3.50. The van der Waals surface area contributed by atoms with Crippen LogP contribution in [-0.4, -0.2) is 53.3 Å². The van der Waals surface area contributed by atoms with Crippen molar-refractivity contribution in [2.45, 2.75) is 6.92 Å². The number of rotatable bonds is 4. The summed E-state index contributed by atoms with van der Waals surface area (Å²) in [5.74, 6) is -0.262. The Hall–Kier alpha value is -3.27. The zero-order valence-corrected chi connectivity index (χ0v) is 16.2. The maximum Gasteiger partial charge on any atom is 0.240 e. The van der Waals surface area contributed by atoms with Crippen molar-refractivity contribution in [3.8, 4) is 16.9 Å². The normalized spacial score (nSPS) is 16.8. The molecule has 0 spiro atoms. The first-order chi connectivity index (χ1) is 13.5. The monoisotopic (exact) mass is 398 g/mol. The predicted molar refractivity (Wildman–Crippen MR) is 105 cm³/mol. The van der Waals surface area contributed by atoms with E-state index < -0.39 is 10.0 Å². The lowest BCUT2D eigenvalue weighted by atomic mass is 10.1. The molecule has 0 fully saturated rings. The third-order valence-corrected chi connectivity index (χ3v) is 5.99. The van der Waals surface area contributed by atoms with Crippen molar-refractivity contribution < 1.29 is 13.3 Å². The Morgan fingerprint density at radius 3 is 2.86 bits per heavy atom. The number of aromatic nitrogens is 4. The molecule has 9 nitrogen and oxygen atoms in total. The fourth-order valence-corrected chi connectivity index (χ4v) is 4.04. The fraction of sp³-hybridized carbons (Fsp3) is 0.222. The molecule has 28 heavy (non-hydrogen) atoms. The van der Waals surface area contributed by atoms with Crippen LogP contribution in [0.1, 0.15) is 12.6 Å². The van der Waals surface area contributed by atoms with Gasteiger partial charge in [0.25, 0.3) is 0 Å². The molecule has 144 valence electrons. The van der Waals surface area contributed by atoms with E-state index in [0.29, 0.717) is 23.7 Å². The number of sulfonamides is 1. The average Bonchev–Trinajstić information content (AvgIpc) is 3.20. The Labute approximate surface area is 162 Å². The summed E-state index contributed by atoms with van der Waals surface area (Å²) in [5.41, 5.74) is 3.52. The minimum Gasteiger partial charge on any atom is -0.396 e. The average molecular weight is 398 g/mol. The molecule has 0 aromatic carbocycles. The van der Waals surface area contributed by atoms with E-state index in [0.717, 1.165) is 11.3 Å². The molecule has 0 saturated heterocycles. The zero-order chi connectivity index (χ0) is 19.7. The van der Waals surface area contributed by atoms with Gasteiger partial charge in [-0.2, -0.15) is 5.10 Å². The van der Waals surface area contributed by atoms with Crippen LogP contribution >= 0.6 is 0 Å². The first-order valence-corrected chi connectivity index (χ1v) is 10.2. The number of anilines is 1. The molecule has 1 aliphatic heterocycles. The highest BCUT2D eigenvalue weighted by Crippen LogP contribution is 2.30. The van der Waals surface area contributed by atoms with E-state index in [9.17, 15) is 8.42 Å². The molecule has 0 atom stereocenters. The number of nitrogens with zero attached hydrogens (tertiary/aromatic N) is 6. The van der Waals surface area contributed by atoms with Gasteiger partial charge in [0.1, 0.15) is 23.8 Å². The summed E-state index contributed by atoms with van der Waals surface area (Å²) in [6.07, 6.45) is 6.95. The predicted octanol–water partition coefficient (Wildman–Crippen LogP) is 1.85. The lowest BCUT2D eigenvalue weighted by Gasteiger charge is -2.27. The lowest BCUT2D eigenvalue weighted by Crippen LogP contribution is -2.39. The van der Waals surface area contributed by atoms with Crippen LogP contribution in [0.15, 0.2) is 54.2 Å². The summed E-state index contributed by atoms with van der Waals surface area (Å²) < 4.78 is 27.7. The van der Waals surface area contributed by atoms with Gasteiger partial charge in [-0.3, -0.25) is 9.29 Å². The van der Waals surface area contributed by atoms with E-state index in [1.165, 1.54) is 11.4 Å². The summed E-state index contributed by atoms with van der Waals surface area (Å²) in [7, 11) is -2.00.